The van der Waals surface area contributed by atoms with Gasteiger partial charge >= 0.3 is 82.5 Å². The van der Waals surface area contributed by atoms with Crippen LogP contribution >= 0.6 is 0 Å². The monoisotopic (exact) mass is 2030 g/mol. The molecule has 0 amide bonds. The summed E-state index contributed by atoms with van der Waals surface area (Å²) in [5, 5.41) is 0. The third-order valence-electron chi connectivity index (χ3n) is 19.7. The number of hydrogen-bond acceptors (Lipinski definition) is 10. The zero-order valence-corrected chi connectivity index (χ0v) is 84.9. The van der Waals surface area contributed by atoms with Gasteiger partial charge in [0, 0.05) is 119 Å². The van der Waals surface area contributed by atoms with E-state index in [2.05, 4.69) is 213 Å². The molecule has 0 atom stereocenters. The molecule has 18 rings (SSSR count). The fourth-order valence-electron chi connectivity index (χ4n) is 12.3. The van der Waals surface area contributed by atoms with Crippen molar-refractivity contribution in [3.05, 3.63) is 517 Å². The third-order valence-corrected chi connectivity index (χ3v) is 19.7. The Morgan fingerprint density at radius 1 is 0.230 bits per heavy atom. The van der Waals surface area contributed by atoms with Gasteiger partial charge in [-0.05, 0) is 82.5 Å². The number of aromatic nitrogens is 10. The molecule has 0 aliphatic rings. The van der Waals surface area contributed by atoms with Gasteiger partial charge in [-0.25, -0.2) is 12.2 Å². The molecule has 0 aliphatic heterocycles. The van der Waals surface area contributed by atoms with Crippen LogP contribution in [0, 0.1) is 74.4 Å². The Bertz CT molecular complexity index is 5530. The Hall–Kier alpha value is -13.8. The van der Waals surface area contributed by atoms with Gasteiger partial charge in [-0.2, -0.15) is 11.1 Å². The number of hydrogen-bond donors (Lipinski definition) is 0. The second-order valence-corrected chi connectivity index (χ2v) is 34.1. The minimum absolute atomic E-state index is 0. The molecule has 0 bridgehead atoms. The first-order chi connectivity index (χ1) is 64.8. The molecule has 15 heteroatoms. The Kier molecular flexibility index (Phi) is 52.6. The quantitative estimate of drug-likeness (QED) is 0.0662. The molecule has 0 radical (unpaired) electrons. The van der Waals surface area contributed by atoms with Crippen LogP contribution in [0.4, 0.5) is 0 Å². The van der Waals surface area contributed by atoms with E-state index >= 15 is 0 Å². The fraction of sp³-hybridized carbons (Fsp3) is 0.129. The van der Waals surface area contributed by atoms with Crippen molar-refractivity contribution in [3.8, 4) is 118 Å². The zero-order valence-electron chi connectivity index (χ0n) is 80.0. The molecule has 0 aliphatic carbocycles. The summed E-state index contributed by atoms with van der Waals surface area (Å²) in [6, 6.07) is 130. The molecule has 10 heterocycles. The molecule has 0 saturated heterocycles. The number of benzene rings is 8. The standard InChI is InChI=1S/5C16H11N2.C16H23.C12H13.C8H7.C6H11.C2H3.5Ni/c5*1-3-10-17-15(8-1)13-6-5-7-14(12-13)16-9-2-4-11-18-16;1-8-12-9-13(15(2,3)4)11-14(10-12)16(5,6)7;1-5-10-6-8-11(9-7-10)12(2,3)4;1-2-8-6-4-3-5-7-8;1-5-6(2,3)4;1-2;;;;;/h5*1-11H;1,8-11H,2-7H3;6-9H,2-4H3;1-7H;1,5H,2-4H3;1H,2H2;;;;;/q10*-1;5*+2. The number of rotatable bonds is 12. The average molecular weight is 2040 g/mol. The second kappa shape index (κ2) is 62.2. The summed E-state index contributed by atoms with van der Waals surface area (Å²) in [7, 11) is 0. The van der Waals surface area contributed by atoms with Crippen molar-refractivity contribution >= 4 is 12.2 Å². The Balaban J connectivity index is 0.000000329. The summed E-state index contributed by atoms with van der Waals surface area (Å²) in [4.78, 5) is 43.3. The SMILES string of the molecule is [C-]#Cc1ccc(C(C)(C)C)cc1.[CH-]=C.[CH-]=CC(C)(C)C.[CH-]=Cc1cc(C(C)(C)C)cc(C(C)(C)C)c1.[CH-]=Cc1ccccc1.[Ni+2].[Ni+2].[Ni+2].[Ni+2].[Ni+2].[c-]1c(-c2ccccn2)cccc1-c1ccccn1.[c-]1c(-c2ccccn2)cccc1-c1ccccn1.[c-]1c(-c2ccccn2)cccc1-c1ccccn1.[c-]1c(-c2ccccn2)cccc1-c1ccccn1.[c-]1c(-c2ccccn2)cccc1-c1ccccn1. The smallest absolute Gasteiger partial charge is 0.521 e. The van der Waals surface area contributed by atoms with Gasteiger partial charge in [-0.15, -0.1) is 163 Å². The summed E-state index contributed by atoms with van der Waals surface area (Å²) in [5.41, 5.74) is 26.8. The van der Waals surface area contributed by atoms with Gasteiger partial charge in [0.25, 0.3) is 0 Å². The first-order valence-corrected chi connectivity index (χ1v) is 43.9. The average Bonchev–Trinajstić information content (AvgIpc) is 0.803. The van der Waals surface area contributed by atoms with Crippen LogP contribution in [0.1, 0.15) is 116 Å². The molecule has 0 saturated carbocycles. The number of allylic oxidation sites excluding steroid dienone is 1. The van der Waals surface area contributed by atoms with Crippen molar-refractivity contribution in [2.75, 3.05) is 0 Å². The van der Waals surface area contributed by atoms with E-state index in [1.807, 2.05) is 315 Å². The van der Waals surface area contributed by atoms with E-state index in [9.17, 15) is 0 Å². The molecule has 18 aromatic rings. The molecular formula is C124H112N10Ni5. The van der Waals surface area contributed by atoms with Crippen LogP contribution in [0.2, 0.25) is 0 Å². The van der Waals surface area contributed by atoms with Crippen LogP contribution in [-0.4, -0.2) is 49.8 Å². The maximum Gasteiger partial charge on any atom is 2.00 e. The molecule has 10 aromatic heterocycles. The Morgan fingerprint density at radius 2 is 0.410 bits per heavy atom. The summed E-state index contributed by atoms with van der Waals surface area (Å²) in [6.45, 7) is 49.2. The van der Waals surface area contributed by atoms with Crippen LogP contribution < -0.4 is 0 Å². The Morgan fingerprint density at radius 3 is 0.547 bits per heavy atom. The van der Waals surface area contributed by atoms with E-state index < -0.39 is 0 Å². The molecule has 0 unspecified atom stereocenters. The van der Waals surface area contributed by atoms with Crippen molar-refractivity contribution in [2.45, 2.75) is 99.3 Å². The van der Waals surface area contributed by atoms with E-state index in [4.69, 9.17) is 26.2 Å². The van der Waals surface area contributed by atoms with Gasteiger partial charge in [0.05, 0.1) is 0 Å². The van der Waals surface area contributed by atoms with Gasteiger partial charge in [0.15, 0.2) is 0 Å². The van der Waals surface area contributed by atoms with Crippen molar-refractivity contribution in [1.82, 2.24) is 49.8 Å². The predicted octanol–water partition coefficient (Wildman–Crippen LogP) is 30.5. The first kappa shape index (κ1) is 118. The molecular weight excluding hydrogens is 1920 g/mol. The van der Waals surface area contributed by atoms with Crippen LogP contribution in [0.5, 0.6) is 0 Å². The maximum atomic E-state index is 6.92. The van der Waals surface area contributed by atoms with E-state index in [1.54, 1.807) is 80.2 Å². The molecule has 0 N–H and O–H groups in total. The molecule has 10 nitrogen and oxygen atoms in total. The van der Waals surface area contributed by atoms with Gasteiger partial charge in [0.1, 0.15) is 0 Å². The van der Waals surface area contributed by atoms with Gasteiger partial charge in [-0.3, -0.25) is 81.6 Å². The topological polar surface area (TPSA) is 129 Å². The third kappa shape index (κ3) is 40.8. The maximum absolute atomic E-state index is 6.92. The van der Waals surface area contributed by atoms with E-state index in [0.717, 1.165) is 129 Å². The van der Waals surface area contributed by atoms with Crippen molar-refractivity contribution in [1.29, 1.82) is 0 Å². The summed E-state index contributed by atoms with van der Waals surface area (Å²) >= 11 is 0. The van der Waals surface area contributed by atoms with Crippen LogP contribution in [0.3, 0.4) is 0 Å². The molecule has 8 aromatic carbocycles. The number of pyridine rings is 10. The predicted molar refractivity (Wildman–Crippen MR) is 556 cm³/mol. The molecule has 139 heavy (non-hydrogen) atoms. The molecule has 0 fully saturated rings. The largest absolute Gasteiger partial charge is 2.00 e. The van der Waals surface area contributed by atoms with E-state index in [-0.39, 0.29) is 104 Å². The summed E-state index contributed by atoms with van der Waals surface area (Å²) < 4.78 is 0. The normalized spacial score (nSPS) is 10.0. The fourth-order valence-corrected chi connectivity index (χ4v) is 12.3. The Labute approximate surface area is 877 Å². The van der Waals surface area contributed by atoms with Crippen LogP contribution in [0.15, 0.2) is 420 Å². The summed E-state index contributed by atoms with van der Waals surface area (Å²) in [6.07, 6.45) is 29.8. The van der Waals surface area contributed by atoms with Crippen molar-refractivity contribution < 1.29 is 82.5 Å². The van der Waals surface area contributed by atoms with Crippen molar-refractivity contribution in [3.63, 3.8) is 0 Å². The van der Waals surface area contributed by atoms with E-state index in [0.29, 0.717) is 0 Å². The van der Waals surface area contributed by atoms with Crippen LogP contribution in [-0.2, 0) is 98.7 Å². The van der Waals surface area contributed by atoms with Gasteiger partial charge < -0.3 is 19.6 Å². The minimum Gasteiger partial charge on any atom is -0.521 e. The van der Waals surface area contributed by atoms with Crippen molar-refractivity contribution in [2.24, 2.45) is 5.41 Å². The number of nitrogens with zero attached hydrogens (tertiary/aromatic N) is 10. The van der Waals surface area contributed by atoms with Gasteiger partial charge in [-0.1, -0.05) is 313 Å². The van der Waals surface area contributed by atoms with Gasteiger partial charge in [0.2, 0.25) is 0 Å². The molecule has 708 valence electrons. The van der Waals surface area contributed by atoms with E-state index in [1.165, 1.54) is 16.7 Å². The first-order valence-electron chi connectivity index (χ1n) is 43.9. The van der Waals surface area contributed by atoms with Crippen LogP contribution in [0.25, 0.3) is 125 Å². The summed E-state index contributed by atoms with van der Waals surface area (Å²) in [5.74, 6) is 2.36. The minimum atomic E-state index is 0. The zero-order chi connectivity index (χ0) is 95.8. The second-order valence-electron chi connectivity index (χ2n) is 34.1. The molecule has 0 spiro atoms.